The lowest BCUT2D eigenvalue weighted by Crippen LogP contribution is -2.33. The molecule has 1 atom stereocenters. The topological polar surface area (TPSA) is 99.9 Å². The first-order valence-corrected chi connectivity index (χ1v) is 13.8. The van der Waals surface area contributed by atoms with E-state index in [1.54, 1.807) is 0 Å². The Kier molecular flexibility index (Phi) is 15.2. The third kappa shape index (κ3) is 19.4. The van der Waals surface area contributed by atoms with Gasteiger partial charge in [0.2, 0.25) is 0 Å². The Balaban J connectivity index is 3.88. The normalized spacial score (nSPS) is 12.5. The molecule has 0 fully saturated rings. The summed E-state index contributed by atoms with van der Waals surface area (Å²) in [5, 5.41) is 2.70. The number of esters is 1. The fraction of sp³-hybridized carbons (Fsp3) is 0.895. The lowest BCUT2D eigenvalue weighted by Gasteiger charge is -2.18. The van der Waals surface area contributed by atoms with Crippen LogP contribution in [-0.2, 0) is 19.0 Å². The molecule has 0 saturated carbocycles. The molecule has 0 aliphatic carbocycles. The van der Waals surface area contributed by atoms with Gasteiger partial charge in [-0.2, -0.15) is 0 Å². The number of nitrogens with two attached hydrogens (primary N) is 1. The van der Waals surface area contributed by atoms with E-state index in [0.717, 1.165) is 38.5 Å². The van der Waals surface area contributed by atoms with Gasteiger partial charge < -0.3 is 25.3 Å². The van der Waals surface area contributed by atoms with Crippen LogP contribution in [0.15, 0.2) is 0 Å². The maximum atomic E-state index is 11.7. The SMILES string of the molecule is CC(=O)OC(COCCCC[Si](C)(C)C)COC(=O)NCCCCCCN. The Labute approximate surface area is 165 Å². The molecule has 0 heterocycles. The molecule has 0 aromatic heterocycles. The minimum atomic E-state index is -1.00. The number of hydrogen-bond donors (Lipinski definition) is 2. The minimum absolute atomic E-state index is 0.00646. The van der Waals surface area contributed by atoms with E-state index >= 15 is 0 Å². The Hall–Kier alpha value is -1.12. The summed E-state index contributed by atoms with van der Waals surface area (Å²) in [6.45, 7) is 10.5. The molecule has 3 N–H and O–H groups in total. The summed E-state index contributed by atoms with van der Waals surface area (Å²) in [6, 6.07) is 1.28. The quantitative estimate of drug-likeness (QED) is 0.233. The highest BCUT2D eigenvalue weighted by Gasteiger charge is 2.16. The van der Waals surface area contributed by atoms with Crippen molar-refractivity contribution < 1.29 is 23.8 Å². The lowest BCUT2D eigenvalue weighted by molar-refractivity contribution is -0.152. The minimum Gasteiger partial charge on any atom is -0.456 e. The number of alkyl carbamates (subject to hydrolysis) is 1. The van der Waals surface area contributed by atoms with Gasteiger partial charge in [0.25, 0.3) is 0 Å². The van der Waals surface area contributed by atoms with Crippen LogP contribution in [0.4, 0.5) is 4.79 Å². The number of ether oxygens (including phenoxy) is 3. The Morgan fingerprint density at radius 1 is 1.00 bits per heavy atom. The average Bonchev–Trinajstić information content (AvgIpc) is 2.57. The largest absolute Gasteiger partial charge is 0.456 e. The van der Waals surface area contributed by atoms with E-state index < -0.39 is 26.2 Å². The molecule has 0 aliphatic rings. The van der Waals surface area contributed by atoms with Crippen molar-refractivity contribution >= 4 is 20.1 Å². The van der Waals surface area contributed by atoms with Crippen molar-refractivity contribution in [1.82, 2.24) is 5.32 Å². The third-order valence-corrected chi connectivity index (χ3v) is 5.76. The smallest absolute Gasteiger partial charge is 0.407 e. The van der Waals surface area contributed by atoms with Crippen molar-refractivity contribution in [3.05, 3.63) is 0 Å². The Morgan fingerprint density at radius 2 is 1.70 bits per heavy atom. The number of nitrogens with one attached hydrogen (secondary N) is 1. The molecular formula is C19H40N2O5Si. The molecule has 0 aliphatic heterocycles. The van der Waals surface area contributed by atoms with Gasteiger partial charge >= 0.3 is 12.1 Å². The number of carbonyl (C=O) groups is 2. The van der Waals surface area contributed by atoms with Crippen LogP contribution in [0.1, 0.15) is 45.4 Å². The van der Waals surface area contributed by atoms with Gasteiger partial charge in [0.05, 0.1) is 6.61 Å². The highest BCUT2D eigenvalue weighted by atomic mass is 28.3. The Morgan fingerprint density at radius 3 is 2.33 bits per heavy atom. The zero-order valence-corrected chi connectivity index (χ0v) is 18.7. The van der Waals surface area contributed by atoms with Crippen LogP contribution in [0.25, 0.3) is 0 Å². The summed E-state index contributed by atoms with van der Waals surface area (Å²) in [5.74, 6) is -0.411. The average molecular weight is 405 g/mol. The van der Waals surface area contributed by atoms with Crippen molar-refractivity contribution in [3.63, 3.8) is 0 Å². The zero-order valence-electron chi connectivity index (χ0n) is 17.7. The van der Waals surface area contributed by atoms with E-state index in [9.17, 15) is 9.59 Å². The third-order valence-electron chi connectivity index (χ3n) is 3.90. The molecule has 160 valence electrons. The fourth-order valence-electron chi connectivity index (χ4n) is 2.46. The van der Waals surface area contributed by atoms with Crippen LogP contribution < -0.4 is 11.1 Å². The molecule has 0 saturated heterocycles. The van der Waals surface area contributed by atoms with Crippen LogP contribution in [0.3, 0.4) is 0 Å². The fourth-order valence-corrected chi connectivity index (χ4v) is 3.77. The van der Waals surface area contributed by atoms with Gasteiger partial charge in [-0.25, -0.2) is 4.79 Å². The molecule has 27 heavy (non-hydrogen) atoms. The number of hydrogen-bond acceptors (Lipinski definition) is 6. The van der Waals surface area contributed by atoms with Gasteiger partial charge in [-0.05, 0) is 25.8 Å². The maximum Gasteiger partial charge on any atom is 0.407 e. The standard InChI is InChI=1S/C19H40N2O5Si/c1-17(22)26-18(15-24-13-9-10-14-27(2,3)4)16-25-19(23)21-12-8-6-5-7-11-20/h18H,5-16,20H2,1-4H3,(H,21,23). The maximum absolute atomic E-state index is 11.7. The van der Waals surface area contributed by atoms with Crippen LogP contribution in [0.2, 0.25) is 25.7 Å². The second-order valence-corrected chi connectivity index (χ2v) is 13.7. The first kappa shape index (κ1) is 25.9. The van der Waals surface area contributed by atoms with Crippen LogP contribution in [0, 0.1) is 0 Å². The summed E-state index contributed by atoms with van der Waals surface area (Å²) >= 11 is 0. The van der Waals surface area contributed by atoms with Gasteiger partial charge in [-0.15, -0.1) is 0 Å². The van der Waals surface area contributed by atoms with Gasteiger partial charge in [0, 0.05) is 28.1 Å². The summed E-state index contributed by atoms with van der Waals surface area (Å²) in [6.07, 6.45) is 5.06. The summed E-state index contributed by atoms with van der Waals surface area (Å²) in [4.78, 5) is 22.9. The van der Waals surface area contributed by atoms with E-state index in [1.807, 2.05) is 0 Å². The van der Waals surface area contributed by atoms with Gasteiger partial charge in [-0.3, -0.25) is 4.79 Å². The second-order valence-electron chi connectivity index (χ2n) is 8.05. The molecule has 0 bridgehead atoms. The number of unbranched alkanes of at least 4 members (excludes halogenated alkanes) is 4. The summed E-state index contributed by atoms with van der Waals surface area (Å²) < 4.78 is 15.9. The highest BCUT2D eigenvalue weighted by Crippen LogP contribution is 2.12. The molecular weight excluding hydrogens is 364 g/mol. The molecule has 0 aromatic carbocycles. The van der Waals surface area contributed by atoms with Crippen molar-refractivity contribution in [2.75, 3.05) is 32.9 Å². The molecule has 0 radical (unpaired) electrons. The predicted octanol–water partition coefficient (Wildman–Crippen LogP) is 3.30. The van der Waals surface area contributed by atoms with Crippen molar-refractivity contribution in [1.29, 1.82) is 0 Å². The number of carbonyl (C=O) groups excluding carboxylic acids is 2. The van der Waals surface area contributed by atoms with E-state index in [0.29, 0.717) is 19.7 Å². The molecule has 1 amide bonds. The second kappa shape index (κ2) is 15.9. The number of rotatable bonds is 16. The molecule has 1 unspecified atom stereocenters. The summed E-state index contributed by atoms with van der Waals surface area (Å²) in [5.41, 5.74) is 5.44. The summed E-state index contributed by atoms with van der Waals surface area (Å²) in [7, 11) is -1.00. The first-order chi connectivity index (χ1) is 12.7. The molecule has 8 heteroatoms. The van der Waals surface area contributed by atoms with Crippen molar-refractivity contribution in [2.24, 2.45) is 5.73 Å². The van der Waals surface area contributed by atoms with Gasteiger partial charge in [0.15, 0.2) is 6.10 Å². The molecule has 0 rings (SSSR count). The van der Waals surface area contributed by atoms with Gasteiger partial charge in [0.1, 0.15) is 6.61 Å². The van der Waals surface area contributed by atoms with E-state index in [1.165, 1.54) is 13.0 Å². The molecule has 0 spiro atoms. The van der Waals surface area contributed by atoms with Gasteiger partial charge in [-0.1, -0.05) is 44.9 Å². The highest BCUT2D eigenvalue weighted by molar-refractivity contribution is 6.76. The van der Waals surface area contributed by atoms with Crippen LogP contribution >= 0.6 is 0 Å². The van der Waals surface area contributed by atoms with E-state index in [-0.39, 0.29) is 13.2 Å². The monoisotopic (exact) mass is 404 g/mol. The lowest BCUT2D eigenvalue weighted by atomic mass is 10.2. The van der Waals surface area contributed by atoms with Crippen LogP contribution in [-0.4, -0.2) is 59.2 Å². The van der Waals surface area contributed by atoms with Crippen molar-refractivity contribution in [3.8, 4) is 0 Å². The zero-order chi connectivity index (χ0) is 20.5. The van der Waals surface area contributed by atoms with E-state index in [2.05, 4.69) is 25.0 Å². The predicted molar refractivity (Wildman–Crippen MR) is 111 cm³/mol. The Bertz CT molecular complexity index is 402. The molecule has 0 aromatic rings. The number of amides is 1. The first-order valence-electron chi connectivity index (χ1n) is 10.1. The van der Waals surface area contributed by atoms with Crippen LogP contribution in [0.5, 0.6) is 0 Å². The van der Waals surface area contributed by atoms with Crippen molar-refractivity contribution in [2.45, 2.75) is 77.2 Å². The molecule has 7 nitrogen and oxygen atoms in total. The van der Waals surface area contributed by atoms with E-state index in [4.69, 9.17) is 19.9 Å².